The number of fused-ring (bicyclic) bond motifs is 8. The van der Waals surface area contributed by atoms with E-state index in [0.717, 1.165) is 42.8 Å². The zero-order valence-electron chi connectivity index (χ0n) is 20.9. The predicted molar refractivity (Wildman–Crippen MR) is 145 cm³/mol. The Morgan fingerprint density at radius 2 is 1.83 bits per heavy atom. The van der Waals surface area contributed by atoms with E-state index in [2.05, 4.69) is 67.7 Å². The van der Waals surface area contributed by atoms with Gasteiger partial charge in [-0.05, 0) is 84.5 Å². The van der Waals surface area contributed by atoms with Crippen molar-refractivity contribution in [1.82, 2.24) is 4.98 Å². The largest absolute Gasteiger partial charge is 0.393 e. The van der Waals surface area contributed by atoms with Gasteiger partial charge >= 0.3 is 0 Å². The van der Waals surface area contributed by atoms with Crippen LogP contribution in [0.5, 0.6) is 0 Å². The minimum atomic E-state index is -0.123. The average Bonchev–Trinajstić information content (AvgIpc) is 3.40. The molecule has 4 aliphatic rings. The fourth-order valence-electron chi connectivity index (χ4n) is 8.46. The lowest BCUT2D eigenvalue weighted by Gasteiger charge is -2.57. The number of anilines is 1. The molecule has 3 nitrogen and oxygen atoms in total. The molecule has 1 heterocycles. The third-order valence-electron chi connectivity index (χ3n) is 10.4. The summed E-state index contributed by atoms with van der Waals surface area (Å²) in [5, 5.41) is 17.7. The van der Waals surface area contributed by atoms with Crippen molar-refractivity contribution in [2.45, 2.75) is 76.9 Å². The van der Waals surface area contributed by atoms with Crippen LogP contribution in [0.15, 0.2) is 54.1 Å². The standard InChI is InChI=1S/C31H36N2OS/c1-30-14-12-22(34)16-21(30)10-11-24-25(30)13-15-31(2)26(24)17-27-28(31)33-29(35-27)32-18-20-8-5-7-19-6-3-4-9-23(19)20/h3-10,22,24-26,34H,11-18H2,1-2H3,(H,32,33)/t22-,24?,25?,26?,30-,31-/m0/s1. The third-order valence-corrected chi connectivity index (χ3v) is 11.5. The van der Waals surface area contributed by atoms with Gasteiger partial charge in [0.2, 0.25) is 0 Å². The first kappa shape index (κ1) is 22.1. The van der Waals surface area contributed by atoms with Crippen molar-refractivity contribution in [2.75, 3.05) is 5.32 Å². The number of aromatic nitrogens is 1. The van der Waals surface area contributed by atoms with E-state index < -0.39 is 0 Å². The summed E-state index contributed by atoms with van der Waals surface area (Å²) in [6, 6.07) is 15.2. The molecule has 6 atom stereocenters. The Kier molecular flexibility index (Phi) is 4.99. The van der Waals surface area contributed by atoms with Gasteiger partial charge in [-0.15, -0.1) is 11.3 Å². The molecule has 0 radical (unpaired) electrons. The molecule has 182 valence electrons. The lowest BCUT2D eigenvalue weighted by Crippen LogP contribution is -2.51. The van der Waals surface area contributed by atoms with Gasteiger partial charge < -0.3 is 10.4 Å². The second kappa shape index (κ2) is 7.91. The summed E-state index contributed by atoms with van der Waals surface area (Å²) in [6.07, 6.45) is 10.4. The molecule has 2 aromatic carbocycles. The van der Waals surface area contributed by atoms with Gasteiger partial charge in [0, 0.05) is 16.8 Å². The van der Waals surface area contributed by atoms with Crippen molar-refractivity contribution >= 4 is 27.2 Å². The molecule has 7 rings (SSSR count). The Morgan fingerprint density at radius 3 is 2.74 bits per heavy atom. The van der Waals surface area contributed by atoms with E-state index in [1.165, 1.54) is 52.6 Å². The van der Waals surface area contributed by atoms with E-state index in [1.807, 2.05) is 11.3 Å². The molecule has 0 spiro atoms. The van der Waals surface area contributed by atoms with Crippen LogP contribution in [-0.4, -0.2) is 16.2 Å². The molecule has 2 N–H and O–H groups in total. The monoisotopic (exact) mass is 484 g/mol. The second-order valence-corrected chi connectivity index (χ2v) is 13.2. The topological polar surface area (TPSA) is 45.2 Å². The molecule has 0 amide bonds. The Bertz CT molecular complexity index is 1320. The average molecular weight is 485 g/mol. The second-order valence-electron chi connectivity index (χ2n) is 12.1. The van der Waals surface area contributed by atoms with E-state index in [4.69, 9.17) is 4.98 Å². The fraction of sp³-hybridized carbons (Fsp3) is 0.516. The third kappa shape index (κ3) is 3.29. The van der Waals surface area contributed by atoms with Crippen LogP contribution in [-0.2, 0) is 18.4 Å². The molecule has 3 aromatic rings. The van der Waals surface area contributed by atoms with Crippen LogP contribution in [0, 0.1) is 23.2 Å². The van der Waals surface area contributed by atoms with Gasteiger partial charge in [0.1, 0.15) is 0 Å². The first-order valence-electron chi connectivity index (χ1n) is 13.5. The molecule has 0 aliphatic heterocycles. The molecule has 2 fully saturated rings. The van der Waals surface area contributed by atoms with Crippen molar-refractivity contribution < 1.29 is 5.11 Å². The Labute approximate surface area is 212 Å². The van der Waals surface area contributed by atoms with Crippen molar-refractivity contribution in [3.8, 4) is 0 Å². The Balaban J connectivity index is 1.13. The first-order valence-corrected chi connectivity index (χ1v) is 14.4. The highest BCUT2D eigenvalue weighted by molar-refractivity contribution is 7.15. The normalized spacial score (nSPS) is 35.6. The molecule has 35 heavy (non-hydrogen) atoms. The van der Waals surface area contributed by atoms with Crippen molar-refractivity contribution in [3.05, 3.63) is 70.2 Å². The van der Waals surface area contributed by atoms with Gasteiger partial charge in [0.25, 0.3) is 0 Å². The van der Waals surface area contributed by atoms with Crippen LogP contribution in [0.2, 0.25) is 0 Å². The first-order chi connectivity index (χ1) is 17.0. The summed E-state index contributed by atoms with van der Waals surface area (Å²) in [5.74, 6) is 2.24. The van der Waals surface area contributed by atoms with E-state index in [0.29, 0.717) is 11.3 Å². The van der Waals surface area contributed by atoms with Gasteiger partial charge in [-0.25, -0.2) is 4.98 Å². The SMILES string of the molecule is C[C@]12CC[C@H](O)CC1=CCC1C2CC[C@]2(C)c3nc(NCc4cccc5ccccc45)sc3CC12. The van der Waals surface area contributed by atoms with Crippen LogP contribution >= 0.6 is 11.3 Å². The summed E-state index contributed by atoms with van der Waals surface area (Å²) in [6.45, 7) is 5.85. The van der Waals surface area contributed by atoms with Gasteiger partial charge in [-0.2, -0.15) is 0 Å². The maximum Gasteiger partial charge on any atom is 0.183 e. The lowest BCUT2D eigenvalue weighted by atomic mass is 9.48. The number of aliphatic hydroxyl groups excluding tert-OH is 1. The lowest BCUT2D eigenvalue weighted by molar-refractivity contribution is -0.0169. The molecule has 0 saturated heterocycles. The zero-order chi connectivity index (χ0) is 23.8. The highest BCUT2D eigenvalue weighted by Gasteiger charge is 2.58. The number of thiazole rings is 1. The van der Waals surface area contributed by atoms with Gasteiger partial charge in [-0.1, -0.05) is 68.0 Å². The summed E-state index contributed by atoms with van der Waals surface area (Å²) in [7, 11) is 0. The number of hydrogen-bond donors (Lipinski definition) is 2. The maximum absolute atomic E-state index is 10.3. The highest BCUT2D eigenvalue weighted by atomic mass is 32.1. The predicted octanol–water partition coefficient (Wildman–Crippen LogP) is 7.25. The molecule has 3 unspecified atom stereocenters. The molecule has 4 heteroatoms. The van der Waals surface area contributed by atoms with E-state index in [-0.39, 0.29) is 11.5 Å². The highest BCUT2D eigenvalue weighted by Crippen LogP contribution is 2.64. The van der Waals surface area contributed by atoms with Gasteiger partial charge in [-0.3, -0.25) is 0 Å². The molecule has 4 aliphatic carbocycles. The Morgan fingerprint density at radius 1 is 1.00 bits per heavy atom. The van der Waals surface area contributed by atoms with Crippen molar-refractivity contribution in [3.63, 3.8) is 0 Å². The van der Waals surface area contributed by atoms with E-state index >= 15 is 0 Å². The molecule has 1 aromatic heterocycles. The van der Waals surface area contributed by atoms with E-state index in [9.17, 15) is 5.11 Å². The number of benzene rings is 2. The molecular formula is C31H36N2OS. The van der Waals surface area contributed by atoms with Gasteiger partial charge in [0.05, 0.1) is 11.8 Å². The van der Waals surface area contributed by atoms with Crippen molar-refractivity contribution in [1.29, 1.82) is 0 Å². The minimum absolute atomic E-state index is 0.123. The maximum atomic E-state index is 10.3. The number of nitrogens with zero attached hydrogens (tertiary/aromatic N) is 1. The Hall–Kier alpha value is -2.17. The number of nitrogens with one attached hydrogen (secondary N) is 1. The van der Waals surface area contributed by atoms with Gasteiger partial charge in [0.15, 0.2) is 5.13 Å². The summed E-state index contributed by atoms with van der Waals surface area (Å²) >= 11 is 1.90. The smallest absolute Gasteiger partial charge is 0.183 e. The van der Waals surface area contributed by atoms with Crippen LogP contribution in [0.1, 0.15) is 68.5 Å². The number of aliphatic hydroxyl groups is 1. The molecular weight excluding hydrogens is 448 g/mol. The van der Waals surface area contributed by atoms with Crippen LogP contribution in [0.25, 0.3) is 10.8 Å². The van der Waals surface area contributed by atoms with E-state index in [1.54, 1.807) is 5.57 Å². The number of hydrogen-bond acceptors (Lipinski definition) is 4. The summed E-state index contributed by atoms with van der Waals surface area (Å²) in [5.41, 5.74) is 4.80. The fourth-order valence-corrected chi connectivity index (χ4v) is 9.61. The quantitative estimate of drug-likeness (QED) is 0.385. The number of allylic oxidation sites excluding steroid dienone is 1. The van der Waals surface area contributed by atoms with Crippen LogP contribution in [0.3, 0.4) is 0 Å². The zero-order valence-corrected chi connectivity index (χ0v) is 21.7. The summed E-state index contributed by atoms with van der Waals surface area (Å²) < 4.78 is 0. The molecule has 0 bridgehead atoms. The van der Waals surface area contributed by atoms with Crippen LogP contribution in [0.4, 0.5) is 5.13 Å². The number of rotatable bonds is 3. The van der Waals surface area contributed by atoms with Crippen molar-refractivity contribution in [2.24, 2.45) is 23.2 Å². The van der Waals surface area contributed by atoms with Crippen LogP contribution < -0.4 is 5.32 Å². The minimum Gasteiger partial charge on any atom is -0.393 e. The molecule has 2 saturated carbocycles. The summed E-state index contributed by atoms with van der Waals surface area (Å²) in [4.78, 5) is 6.77.